The Kier molecular flexibility index (Phi) is 14.8. The molecule has 0 N–H and O–H groups in total. The predicted octanol–water partition coefficient (Wildman–Crippen LogP) is 27.1. The molecule has 0 amide bonds. The Morgan fingerprint density at radius 3 is 0.883 bits per heavy atom. The van der Waals surface area contributed by atoms with Crippen LogP contribution in [0.25, 0.3) is 143 Å². The van der Waals surface area contributed by atoms with E-state index in [1.807, 2.05) is 0 Å². The van der Waals surface area contributed by atoms with Crippen LogP contribution in [0, 0.1) is 0 Å². The van der Waals surface area contributed by atoms with Gasteiger partial charge in [0.2, 0.25) is 0 Å². The lowest BCUT2D eigenvalue weighted by molar-refractivity contribution is 0.590. The topological polar surface area (TPSA) is 16.3 Å². The molecule has 2 aromatic heterocycles. The molecule has 5 heteroatoms. The molecular weight excluding hydrogens is 1340 g/mol. The average molecular weight is 1420 g/mol. The van der Waals surface area contributed by atoms with Crippen LogP contribution in [-0.2, 0) is 16.2 Å². The number of hydrogen-bond donors (Lipinski definition) is 0. The number of rotatable bonds is 8. The maximum atomic E-state index is 2.76. The van der Waals surface area contributed by atoms with Crippen molar-refractivity contribution >= 4 is 144 Å². The van der Waals surface area contributed by atoms with Crippen LogP contribution in [0.1, 0.15) is 79.0 Å². The lowest BCUT2D eigenvalue weighted by atomic mass is 9.33. The van der Waals surface area contributed by atoms with Crippen LogP contribution in [0.3, 0.4) is 0 Å². The van der Waals surface area contributed by atoms with Crippen molar-refractivity contribution in [3.05, 3.63) is 356 Å². The summed E-state index contributed by atoms with van der Waals surface area (Å²) < 4.78 is 5.20. The SMILES string of the molecule is CC(C)(C)c1cc(-c2ccccc2)c(N2c3cc(-n4c5ccc6ccccc6c5c5ccc6ccccc6c54)ccc3B3c4ccc(-n5c6ccc7ccccc7c6c6ccc7ccccc7c65)cc4N(c4c(-c5ccccc5)cc(C(C)(C)C)cc4-c4ccccc4)c4cc(C(C)(C)C)cc2c43)c(-c2ccccc2)c1. The molecule has 0 saturated heterocycles. The first-order valence-corrected chi connectivity index (χ1v) is 39.3. The van der Waals surface area contributed by atoms with Crippen LogP contribution in [0.4, 0.5) is 34.1 Å². The van der Waals surface area contributed by atoms with Crippen molar-refractivity contribution in [2.45, 2.75) is 78.6 Å². The Labute approximate surface area is 649 Å². The summed E-state index contributed by atoms with van der Waals surface area (Å²) in [5.74, 6) is 0. The summed E-state index contributed by atoms with van der Waals surface area (Å²) in [5, 5.41) is 14.8. The summed E-state index contributed by atoms with van der Waals surface area (Å²) in [6.07, 6.45) is 0. The Morgan fingerprint density at radius 2 is 0.541 bits per heavy atom. The second kappa shape index (κ2) is 24.8. The number of hydrogen-bond acceptors (Lipinski definition) is 2. The van der Waals surface area contributed by atoms with E-state index < -0.39 is 0 Å². The summed E-state index contributed by atoms with van der Waals surface area (Å²) >= 11 is 0. The van der Waals surface area contributed by atoms with E-state index in [1.54, 1.807) is 0 Å². The lowest BCUT2D eigenvalue weighted by Crippen LogP contribution is -2.61. The third kappa shape index (κ3) is 10.3. The zero-order chi connectivity index (χ0) is 74.9. The van der Waals surface area contributed by atoms with Crippen LogP contribution >= 0.6 is 0 Å². The Morgan fingerprint density at radius 1 is 0.243 bits per heavy atom. The van der Waals surface area contributed by atoms with Gasteiger partial charge in [0.15, 0.2) is 0 Å². The number of nitrogens with zero attached hydrogens (tertiary/aromatic N) is 4. The second-order valence-electron chi connectivity index (χ2n) is 34.0. The molecule has 530 valence electrons. The van der Waals surface area contributed by atoms with Crippen LogP contribution in [0.2, 0.25) is 0 Å². The van der Waals surface area contributed by atoms with Crippen molar-refractivity contribution in [3.8, 4) is 55.9 Å². The van der Waals surface area contributed by atoms with E-state index in [1.165, 1.54) is 142 Å². The largest absolute Gasteiger partial charge is 0.310 e. The highest BCUT2D eigenvalue weighted by Gasteiger charge is 2.47. The quantitative estimate of drug-likeness (QED) is 0.141. The van der Waals surface area contributed by atoms with E-state index in [2.05, 4.69) is 421 Å². The minimum Gasteiger partial charge on any atom is -0.310 e. The van der Waals surface area contributed by atoms with Crippen molar-refractivity contribution in [2.24, 2.45) is 0 Å². The Bertz CT molecular complexity index is 6530. The molecule has 111 heavy (non-hydrogen) atoms. The minimum absolute atomic E-state index is 0.211. The molecule has 0 fully saturated rings. The Balaban J connectivity index is 0.960. The van der Waals surface area contributed by atoms with Gasteiger partial charge >= 0.3 is 0 Å². The summed E-state index contributed by atoms with van der Waals surface area (Å²) in [6, 6.07) is 130. The molecular formula is C106H83BN4. The summed E-state index contributed by atoms with van der Waals surface area (Å²) in [5.41, 5.74) is 29.7. The van der Waals surface area contributed by atoms with Gasteiger partial charge in [-0.05, 0) is 177 Å². The highest BCUT2D eigenvalue weighted by Crippen LogP contribution is 2.56. The smallest absolute Gasteiger partial charge is 0.252 e. The van der Waals surface area contributed by atoms with Gasteiger partial charge in [0, 0.05) is 88.7 Å². The van der Waals surface area contributed by atoms with Gasteiger partial charge in [-0.3, -0.25) is 0 Å². The first-order valence-electron chi connectivity index (χ1n) is 39.3. The molecule has 0 unspecified atom stereocenters. The maximum Gasteiger partial charge on any atom is 0.252 e. The van der Waals surface area contributed by atoms with E-state index in [0.717, 1.165) is 67.8 Å². The van der Waals surface area contributed by atoms with Crippen LogP contribution in [-0.4, -0.2) is 15.8 Å². The van der Waals surface area contributed by atoms with Gasteiger partial charge in [-0.1, -0.05) is 329 Å². The molecule has 0 spiro atoms. The van der Waals surface area contributed by atoms with Gasteiger partial charge in [0.05, 0.1) is 33.4 Å². The van der Waals surface area contributed by atoms with Crippen molar-refractivity contribution in [3.63, 3.8) is 0 Å². The van der Waals surface area contributed by atoms with Crippen molar-refractivity contribution in [2.75, 3.05) is 9.80 Å². The molecule has 0 bridgehead atoms. The molecule has 4 nitrogen and oxygen atoms in total. The van der Waals surface area contributed by atoms with E-state index in [9.17, 15) is 0 Å². The van der Waals surface area contributed by atoms with E-state index in [-0.39, 0.29) is 23.0 Å². The van der Waals surface area contributed by atoms with Gasteiger partial charge in [0.1, 0.15) is 0 Å². The van der Waals surface area contributed by atoms with Crippen molar-refractivity contribution in [1.82, 2.24) is 9.13 Å². The molecule has 0 aliphatic carbocycles. The standard InChI is InChI=1S/C106H83BN4/c1-104(2,3)74-58-85(66-30-14-10-15-31-66)102(86(59-74)67-32-16-11-17-33-67)110-93-64-77(108-91-56-48-70-38-22-26-42-79(70)97(91)83-52-46-72-40-24-28-44-81(72)100(83)108)50-54-89(93)107-90-55-51-78(109-92-57-49-71-39-23-27-43-80(71)98(92)84-53-47-73-41-25-29-45-82(73)101(84)109)65-94(90)111(96-63-76(106(7,8)9)62-95(110)99(96)107)103-87(68-34-18-12-19-35-68)60-75(105(4,5)6)61-88(103)69-36-20-13-21-37-69/h10-65H,1-9H3. The number of fused-ring (bicyclic) bond motifs is 18. The maximum absolute atomic E-state index is 2.76. The van der Waals surface area contributed by atoms with E-state index in [0.29, 0.717) is 0 Å². The van der Waals surface area contributed by atoms with E-state index in [4.69, 9.17) is 0 Å². The van der Waals surface area contributed by atoms with Gasteiger partial charge in [-0.25, -0.2) is 0 Å². The van der Waals surface area contributed by atoms with Crippen molar-refractivity contribution in [1.29, 1.82) is 0 Å². The average Bonchev–Trinajstić information content (AvgIpc) is 1.21. The normalized spacial score (nSPS) is 13.0. The fourth-order valence-electron chi connectivity index (χ4n) is 18.8. The van der Waals surface area contributed by atoms with Gasteiger partial charge in [-0.15, -0.1) is 0 Å². The molecule has 17 aromatic carbocycles. The molecule has 4 heterocycles. The predicted molar refractivity (Wildman–Crippen MR) is 477 cm³/mol. The summed E-state index contributed by atoms with van der Waals surface area (Å²) in [6.45, 7) is 21.2. The fourth-order valence-corrected chi connectivity index (χ4v) is 18.8. The summed E-state index contributed by atoms with van der Waals surface area (Å²) in [4.78, 5) is 5.51. The number of benzene rings is 17. The van der Waals surface area contributed by atoms with Gasteiger partial charge in [-0.2, -0.15) is 0 Å². The molecule has 2 aliphatic heterocycles. The number of anilines is 6. The monoisotopic (exact) mass is 1420 g/mol. The molecule has 0 atom stereocenters. The first kappa shape index (κ1) is 66.3. The van der Waals surface area contributed by atoms with Crippen LogP contribution in [0.5, 0.6) is 0 Å². The summed E-state index contributed by atoms with van der Waals surface area (Å²) in [7, 11) is 0. The third-order valence-corrected chi connectivity index (χ3v) is 24.2. The lowest BCUT2D eigenvalue weighted by Gasteiger charge is -2.47. The van der Waals surface area contributed by atoms with E-state index >= 15 is 0 Å². The fraction of sp³-hybridized carbons (Fsp3) is 0.113. The Hall–Kier alpha value is -13.0. The molecule has 0 saturated carbocycles. The number of aromatic nitrogens is 2. The third-order valence-electron chi connectivity index (χ3n) is 24.2. The van der Waals surface area contributed by atoms with Crippen LogP contribution in [0.15, 0.2) is 340 Å². The molecule has 19 aromatic rings. The molecule has 2 aliphatic rings. The highest BCUT2D eigenvalue weighted by molar-refractivity contribution is 7.00. The minimum atomic E-state index is -0.358. The van der Waals surface area contributed by atoms with Gasteiger partial charge < -0.3 is 18.9 Å². The highest BCUT2D eigenvalue weighted by atomic mass is 15.2. The molecule has 21 rings (SSSR count). The first-order chi connectivity index (χ1) is 54.0. The zero-order valence-corrected chi connectivity index (χ0v) is 64.2. The molecule has 0 radical (unpaired) electrons. The van der Waals surface area contributed by atoms with Crippen molar-refractivity contribution < 1.29 is 0 Å². The van der Waals surface area contributed by atoms with Crippen LogP contribution < -0.4 is 26.2 Å². The zero-order valence-electron chi connectivity index (χ0n) is 64.2. The second-order valence-corrected chi connectivity index (χ2v) is 34.0. The van der Waals surface area contributed by atoms with Gasteiger partial charge in [0.25, 0.3) is 6.71 Å².